The molecule has 5 heteroatoms. The summed E-state index contributed by atoms with van der Waals surface area (Å²) in [6.07, 6.45) is 1.68. The Morgan fingerprint density at radius 1 is 1.08 bits per heavy atom. The molecule has 1 aliphatic heterocycles. The molecular formula is C20H25NO3S. The van der Waals surface area contributed by atoms with Gasteiger partial charge in [0.05, 0.1) is 11.5 Å². The predicted octanol–water partition coefficient (Wildman–Crippen LogP) is 3.84. The van der Waals surface area contributed by atoms with Crippen molar-refractivity contribution in [2.45, 2.75) is 45.1 Å². The average molecular weight is 359 g/mol. The van der Waals surface area contributed by atoms with Crippen molar-refractivity contribution < 1.29 is 13.2 Å². The number of hydrogen-bond donors (Lipinski definition) is 0. The van der Waals surface area contributed by atoms with Crippen molar-refractivity contribution in [1.29, 1.82) is 0 Å². The van der Waals surface area contributed by atoms with Gasteiger partial charge >= 0.3 is 0 Å². The van der Waals surface area contributed by atoms with Crippen LogP contribution < -0.4 is 4.74 Å². The van der Waals surface area contributed by atoms with Crippen LogP contribution in [0.5, 0.6) is 5.75 Å². The number of rotatable bonds is 5. The number of sulfonamides is 1. The molecule has 0 spiro atoms. The SMILES string of the molecule is CCCOc1cc(C)c(S(=O)(=O)N2CCc3ccccc3C2)cc1C. The summed E-state index contributed by atoms with van der Waals surface area (Å²) in [7, 11) is -3.52. The fraction of sp³-hybridized carbons (Fsp3) is 0.400. The number of nitrogens with zero attached hydrogens (tertiary/aromatic N) is 1. The van der Waals surface area contributed by atoms with E-state index in [-0.39, 0.29) is 0 Å². The van der Waals surface area contributed by atoms with Crippen LogP contribution in [0.4, 0.5) is 0 Å². The molecule has 0 unspecified atom stereocenters. The van der Waals surface area contributed by atoms with E-state index in [4.69, 9.17) is 4.74 Å². The molecule has 1 aliphatic rings. The van der Waals surface area contributed by atoms with E-state index < -0.39 is 10.0 Å². The summed E-state index contributed by atoms with van der Waals surface area (Å²) in [5, 5.41) is 0. The first-order chi connectivity index (χ1) is 11.9. The second kappa shape index (κ2) is 7.18. The van der Waals surface area contributed by atoms with Gasteiger partial charge in [-0.05, 0) is 61.1 Å². The number of ether oxygens (including phenoxy) is 1. The van der Waals surface area contributed by atoms with Gasteiger partial charge in [-0.25, -0.2) is 8.42 Å². The van der Waals surface area contributed by atoms with Crippen LogP contribution in [0.2, 0.25) is 0 Å². The predicted molar refractivity (Wildman–Crippen MR) is 99.4 cm³/mol. The third-order valence-electron chi connectivity index (χ3n) is 4.65. The molecule has 2 aromatic carbocycles. The highest BCUT2D eigenvalue weighted by molar-refractivity contribution is 7.89. The van der Waals surface area contributed by atoms with Gasteiger partial charge in [-0.2, -0.15) is 4.31 Å². The van der Waals surface area contributed by atoms with Crippen molar-refractivity contribution in [1.82, 2.24) is 4.31 Å². The monoisotopic (exact) mass is 359 g/mol. The van der Waals surface area contributed by atoms with Crippen molar-refractivity contribution in [3.63, 3.8) is 0 Å². The van der Waals surface area contributed by atoms with Crippen LogP contribution in [-0.4, -0.2) is 25.9 Å². The molecule has 0 N–H and O–H groups in total. The van der Waals surface area contributed by atoms with Gasteiger partial charge in [-0.3, -0.25) is 0 Å². The first kappa shape index (κ1) is 18.0. The lowest BCUT2D eigenvalue weighted by Crippen LogP contribution is -2.36. The molecule has 0 atom stereocenters. The molecule has 0 radical (unpaired) electrons. The van der Waals surface area contributed by atoms with Crippen LogP contribution in [0.25, 0.3) is 0 Å². The van der Waals surface area contributed by atoms with Crippen molar-refractivity contribution >= 4 is 10.0 Å². The largest absolute Gasteiger partial charge is 0.493 e. The maximum absolute atomic E-state index is 13.2. The molecule has 4 nitrogen and oxygen atoms in total. The summed E-state index contributed by atoms with van der Waals surface area (Å²) in [4.78, 5) is 0.383. The molecule has 1 heterocycles. The second-order valence-electron chi connectivity index (χ2n) is 6.59. The van der Waals surface area contributed by atoms with E-state index in [0.717, 1.165) is 35.3 Å². The smallest absolute Gasteiger partial charge is 0.243 e. The molecular weight excluding hydrogens is 334 g/mol. The highest BCUT2D eigenvalue weighted by Gasteiger charge is 2.29. The van der Waals surface area contributed by atoms with E-state index in [1.54, 1.807) is 10.4 Å². The third-order valence-corrected chi connectivity index (χ3v) is 6.63. The Morgan fingerprint density at radius 3 is 2.52 bits per heavy atom. The molecule has 0 saturated carbocycles. The Balaban J connectivity index is 1.92. The molecule has 3 rings (SSSR count). The minimum atomic E-state index is -3.52. The van der Waals surface area contributed by atoms with Crippen LogP contribution in [-0.2, 0) is 23.0 Å². The Hall–Kier alpha value is -1.85. The Kier molecular flexibility index (Phi) is 5.16. The lowest BCUT2D eigenvalue weighted by Gasteiger charge is -2.29. The number of hydrogen-bond acceptors (Lipinski definition) is 3. The van der Waals surface area contributed by atoms with Crippen LogP contribution in [0.3, 0.4) is 0 Å². The summed E-state index contributed by atoms with van der Waals surface area (Å²) >= 11 is 0. The van der Waals surface area contributed by atoms with Crippen LogP contribution in [0, 0.1) is 13.8 Å². The molecule has 0 amide bonds. The van der Waals surface area contributed by atoms with Gasteiger partial charge in [0.2, 0.25) is 10.0 Å². The summed E-state index contributed by atoms with van der Waals surface area (Å²) in [6.45, 7) is 7.37. The van der Waals surface area contributed by atoms with E-state index in [0.29, 0.717) is 24.6 Å². The Bertz CT molecular complexity index is 875. The molecule has 134 valence electrons. The van der Waals surface area contributed by atoms with Gasteiger partial charge in [0, 0.05) is 13.1 Å². The first-order valence-corrected chi connectivity index (χ1v) is 10.2. The van der Waals surface area contributed by atoms with Gasteiger partial charge in [0.1, 0.15) is 5.75 Å². The normalized spacial score (nSPS) is 15.0. The molecule has 25 heavy (non-hydrogen) atoms. The maximum atomic E-state index is 13.2. The van der Waals surface area contributed by atoms with Crippen molar-refractivity contribution in [2.75, 3.05) is 13.2 Å². The topological polar surface area (TPSA) is 46.6 Å². The Labute approximate surface area is 150 Å². The summed E-state index contributed by atoms with van der Waals surface area (Å²) in [6, 6.07) is 11.6. The van der Waals surface area contributed by atoms with E-state index in [1.807, 2.05) is 38.1 Å². The molecule has 0 saturated heterocycles. The van der Waals surface area contributed by atoms with E-state index >= 15 is 0 Å². The van der Waals surface area contributed by atoms with Gasteiger partial charge < -0.3 is 4.74 Å². The van der Waals surface area contributed by atoms with Gasteiger partial charge in [0.25, 0.3) is 0 Å². The summed E-state index contributed by atoms with van der Waals surface area (Å²) < 4.78 is 33.7. The standard InChI is InChI=1S/C20H25NO3S/c1-4-11-24-19-12-16(3)20(13-15(19)2)25(22,23)21-10-9-17-7-5-6-8-18(17)14-21/h5-8,12-13H,4,9-11,14H2,1-3H3. The van der Waals surface area contributed by atoms with Crippen LogP contribution in [0.1, 0.15) is 35.6 Å². The van der Waals surface area contributed by atoms with Crippen LogP contribution >= 0.6 is 0 Å². The van der Waals surface area contributed by atoms with Gasteiger partial charge in [-0.15, -0.1) is 0 Å². The van der Waals surface area contributed by atoms with Crippen molar-refractivity contribution in [3.8, 4) is 5.75 Å². The first-order valence-electron chi connectivity index (χ1n) is 8.74. The Morgan fingerprint density at radius 2 is 1.80 bits per heavy atom. The number of fused-ring (bicyclic) bond motifs is 1. The minimum absolute atomic E-state index is 0.383. The molecule has 0 fully saturated rings. The average Bonchev–Trinajstić information content (AvgIpc) is 2.61. The fourth-order valence-electron chi connectivity index (χ4n) is 3.22. The summed E-state index contributed by atoms with van der Waals surface area (Å²) in [5.41, 5.74) is 3.92. The highest BCUT2D eigenvalue weighted by Crippen LogP contribution is 2.30. The van der Waals surface area contributed by atoms with Gasteiger partial charge in [0.15, 0.2) is 0 Å². The maximum Gasteiger partial charge on any atom is 0.243 e. The quantitative estimate of drug-likeness (QED) is 0.815. The number of benzene rings is 2. The minimum Gasteiger partial charge on any atom is -0.493 e. The zero-order chi connectivity index (χ0) is 18.0. The van der Waals surface area contributed by atoms with E-state index in [9.17, 15) is 8.42 Å². The van der Waals surface area contributed by atoms with Crippen molar-refractivity contribution in [3.05, 3.63) is 58.7 Å². The highest BCUT2D eigenvalue weighted by atomic mass is 32.2. The third kappa shape index (κ3) is 3.58. The summed E-state index contributed by atoms with van der Waals surface area (Å²) in [5.74, 6) is 0.766. The van der Waals surface area contributed by atoms with Crippen molar-refractivity contribution in [2.24, 2.45) is 0 Å². The molecule has 0 aromatic heterocycles. The fourth-order valence-corrected chi connectivity index (χ4v) is 4.93. The van der Waals surface area contributed by atoms with E-state index in [1.165, 1.54) is 5.56 Å². The lowest BCUT2D eigenvalue weighted by molar-refractivity contribution is 0.315. The number of aryl methyl sites for hydroxylation is 2. The van der Waals surface area contributed by atoms with Gasteiger partial charge in [-0.1, -0.05) is 31.2 Å². The van der Waals surface area contributed by atoms with E-state index in [2.05, 4.69) is 13.0 Å². The molecule has 0 aliphatic carbocycles. The lowest BCUT2D eigenvalue weighted by atomic mass is 10.0. The molecule has 2 aromatic rings. The zero-order valence-corrected chi connectivity index (χ0v) is 15.9. The second-order valence-corrected chi connectivity index (χ2v) is 8.50. The van der Waals surface area contributed by atoms with Crippen LogP contribution in [0.15, 0.2) is 41.3 Å². The zero-order valence-electron chi connectivity index (χ0n) is 15.1. The molecule has 0 bridgehead atoms.